The van der Waals surface area contributed by atoms with Crippen LogP contribution in [0.2, 0.25) is 0 Å². The third-order valence-corrected chi connectivity index (χ3v) is 7.01. The van der Waals surface area contributed by atoms with Crippen molar-refractivity contribution in [1.29, 1.82) is 0 Å². The van der Waals surface area contributed by atoms with Gasteiger partial charge in [0.25, 0.3) is 0 Å². The molecule has 26 heavy (non-hydrogen) atoms. The van der Waals surface area contributed by atoms with E-state index in [4.69, 9.17) is 4.99 Å². The zero-order valence-electron chi connectivity index (χ0n) is 16.1. The molecule has 0 aromatic heterocycles. The molecule has 0 aromatic carbocycles. The molecular weight excluding hydrogens is 350 g/mol. The van der Waals surface area contributed by atoms with Gasteiger partial charge in [0, 0.05) is 58.4 Å². The molecule has 148 valence electrons. The van der Waals surface area contributed by atoms with Crippen LogP contribution in [0.3, 0.4) is 0 Å². The summed E-state index contributed by atoms with van der Waals surface area (Å²) < 4.78 is 24.9. The Bertz CT molecular complexity index is 617. The highest BCUT2D eigenvalue weighted by atomic mass is 32.2. The average molecular weight is 384 g/mol. The van der Waals surface area contributed by atoms with Crippen molar-refractivity contribution in [3.8, 4) is 0 Å². The maximum Gasteiger partial charge on any atom is 0.211 e. The third-order valence-electron chi connectivity index (χ3n) is 5.70. The van der Waals surface area contributed by atoms with Crippen molar-refractivity contribution in [1.82, 2.24) is 19.4 Å². The summed E-state index contributed by atoms with van der Waals surface area (Å²) in [7, 11) is -3.05. The second-order valence-corrected chi connectivity index (χ2v) is 9.60. The highest BCUT2D eigenvalue weighted by Crippen LogP contribution is 2.21. The summed E-state index contributed by atoms with van der Waals surface area (Å²) in [5.41, 5.74) is 0. The van der Waals surface area contributed by atoms with Gasteiger partial charge in [-0.25, -0.2) is 12.7 Å². The number of hydrogen-bond acceptors (Lipinski definition) is 4. The number of piperidine rings is 1. The normalized spacial score (nSPS) is 26.8. The fourth-order valence-electron chi connectivity index (χ4n) is 4.09. The first-order chi connectivity index (χ1) is 12.5. The van der Waals surface area contributed by atoms with Crippen LogP contribution >= 0.6 is 0 Å². The molecule has 3 aliphatic rings. The zero-order valence-corrected chi connectivity index (χ0v) is 16.9. The Morgan fingerprint density at radius 2 is 1.85 bits per heavy atom. The molecule has 0 bridgehead atoms. The molecule has 0 spiro atoms. The lowest BCUT2D eigenvalue weighted by Gasteiger charge is -2.30. The topological polar surface area (TPSA) is 68.2 Å². The van der Waals surface area contributed by atoms with Crippen LogP contribution in [0.25, 0.3) is 0 Å². The SMILES string of the molecule is CCNC(=NCC1CCN(S(C)(=O)=O)CC1)N1CCC(N2CC=CC2)C1. The summed E-state index contributed by atoms with van der Waals surface area (Å²) >= 11 is 0. The Hall–Kier alpha value is -1.12. The van der Waals surface area contributed by atoms with Crippen LogP contribution in [-0.2, 0) is 10.0 Å². The fraction of sp³-hybridized carbons (Fsp3) is 0.833. The van der Waals surface area contributed by atoms with Crippen molar-refractivity contribution in [3.63, 3.8) is 0 Å². The van der Waals surface area contributed by atoms with Gasteiger partial charge in [0.1, 0.15) is 0 Å². The molecule has 0 radical (unpaired) electrons. The monoisotopic (exact) mass is 383 g/mol. The van der Waals surface area contributed by atoms with Gasteiger partial charge in [-0.3, -0.25) is 9.89 Å². The quantitative estimate of drug-likeness (QED) is 0.427. The van der Waals surface area contributed by atoms with Crippen molar-refractivity contribution in [2.24, 2.45) is 10.9 Å². The molecule has 8 heteroatoms. The van der Waals surface area contributed by atoms with E-state index in [-0.39, 0.29) is 0 Å². The van der Waals surface area contributed by atoms with Gasteiger partial charge in [0.05, 0.1) is 6.26 Å². The largest absolute Gasteiger partial charge is 0.357 e. The molecule has 0 saturated carbocycles. The van der Waals surface area contributed by atoms with Gasteiger partial charge in [-0.1, -0.05) is 12.2 Å². The Labute approximate surface area is 158 Å². The van der Waals surface area contributed by atoms with Crippen LogP contribution in [0.15, 0.2) is 17.1 Å². The molecule has 0 aliphatic carbocycles. The summed E-state index contributed by atoms with van der Waals surface area (Å²) in [6.07, 6.45) is 8.80. The lowest BCUT2D eigenvalue weighted by molar-refractivity contribution is 0.258. The van der Waals surface area contributed by atoms with Crippen molar-refractivity contribution in [2.75, 3.05) is 58.6 Å². The summed E-state index contributed by atoms with van der Waals surface area (Å²) in [5.74, 6) is 1.50. The van der Waals surface area contributed by atoms with Gasteiger partial charge in [-0.15, -0.1) is 0 Å². The Kier molecular flexibility index (Phi) is 6.58. The fourth-order valence-corrected chi connectivity index (χ4v) is 4.96. The van der Waals surface area contributed by atoms with Crippen LogP contribution < -0.4 is 5.32 Å². The highest BCUT2D eigenvalue weighted by molar-refractivity contribution is 7.88. The molecule has 1 unspecified atom stereocenters. The van der Waals surface area contributed by atoms with Gasteiger partial charge in [0.15, 0.2) is 5.96 Å². The van der Waals surface area contributed by atoms with Gasteiger partial charge in [0.2, 0.25) is 10.0 Å². The number of rotatable bonds is 5. The second kappa shape index (κ2) is 8.71. The molecule has 2 saturated heterocycles. The van der Waals surface area contributed by atoms with E-state index in [2.05, 4.69) is 34.2 Å². The van der Waals surface area contributed by atoms with Crippen LogP contribution in [0.5, 0.6) is 0 Å². The standard InChI is InChI=1S/C18H33N5O2S/c1-3-19-18(22-11-8-17(15-22)21-9-4-5-10-21)20-14-16-6-12-23(13-7-16)26(2,24)25/h4-5,16-17H,3,6-15H2,1-2H3,(H,19,20). The summed E-state index contributed by atoms with van der Waals surface area (Å²) in [5, 5.41) is 3.44. The third kappa shape index (κ3) is 4.98. The molecular formula is C18H33N5O2S. The van der Waals surface area contributed by atoms with E-state index in [0.29, 0.717) is 25.0 Å². The van der Waals surface area contributed by atoms with Crippen molar-refractivity contribution in [2.45, 2.75) is 32.2 Å². The van der Waals surface area contributed by atoms with Crippen LogP contribution in [0.4, 0.5) is 0 Å². The first-order valence-electron chi connectivity index (χ1n) is 9.84. The van der Waals surface area contributed by atoms with Crippen LogP contribution in [0.1, 0.15) is 26.2 Å². The minimum absolute atomic E-state index is 0.475. The Balaban J connectivity index is 1.51. The molecule has 1 N–H and O–H groups in total. The number of aliphatic imine (C=N–C) groups is 1. The van der Waals surface area contributed by atoms with Crippen molar-refractivity contribution < 1.29 is 8.42 Å². The van der Waals surface area contributed by atoms with E-state index in [0.717, 1.165) is 58.1 Å². The number of guanidine groups is 1. The minimum atomic E-state index is -3.05. The Morgan fingerprint density at radius 3 is 2.46 bits per heavy atom. The molecule has 0 amide bonds. The van der Waals surface area contributed by atoms with Gasteiger partial charge < -0.3 is 10.2 Å². The first-order valence-corrected chi connectivity index (χ1v) is 11.7. The van der Waals surface area contributed by atoms with Gasteiger partial charge in [-0.05, 0) is 32.1 Å². The van der Waals surface area contributed by atoms with Crippen molar-refractivity contribution >= 4 is 16.0 Å². The molecule has 2 fully saturated rings. The number of likely N-dealkylation sites (tertiary alicyclic amines) is 1. The lowest BCUT2D eigenvalue weighted by atomic mass is 9.98. The maximum atomic E-state index is 11.6. The summed E-state index contributed by atoms with van der Waals surface area (Å²) in [6.45, 7) is 9.27. The van der Waals surface area contributed by atoms with E-state index >= 15 is 0 Å². The zero-order chi connectivity index (χ0) is 18.6. The molecule has 7 nitrogen and oxygen atoms in total. The lowest BCUT2D eigenvalue weighted by Crippen LogP contribution is -2.43. The number of hydrogen-bond donors (Lipinski definition) is 1. The maximum absolute atomic E-state index is 11.6. The van der Waals surface area contributed by atoms with E-state index in [1.165, 1.54) is 12.7 Å². The minimum Gasteiger partial charge on any atom is -0.357 e. The van der Waals surface area contributed by atoms with Crippen LogP contribution in [-0.4, -0.2) is 93.1 Å². The molecule has 3 aliphatic heterocycles. The van der Waals surface area contributed by atoms with E-state index in [1.54, 1.807) is 4.31 Å². The van der Waals surface area contributed by atoms with E-state index in [1.807, 2.05) is 0 Å². The first kappa shape index (κ1) is 19.6. The van der Waals surface area contributed by atoms with Crippen LogP contribution in [0, 0.1) is 5.92 Å². The van der Waals surface area contributed by atoms with Gasteiger partial charge >= 0.3 is 0 Å². The number of sulfonamides is 1. The summed E-state index contributed by atoms with van der Waals surface area (Å²) in [4.78, 5) is 9.82. The second-order valence-electron chi connectivity index (χ2n) is 7.61. The molecule has 1 atom stereocenters. The predicted molar refractivity (Wildman–Crippen MR) is 106 cm³/mol. The Morgan fingerprint density at radius 1 is 1.15 bits per heavy atom. The number of nitrogens with one attached hydrogen (secondary N) is 1. The van der Waals surface area contributed by atoms with Crippen molar-refractivity contribution in [3.05, 3.63) is 12.2 Å². The summed E-state index contributed by atoms with van der Waals surface area (Å²) in [6, 6.07) is 0.617. The highest BCUT2D eigenvalue weighted by Gasteiger charge is 2.30. The van der Waals surface area contributed by atoms with E-state index in [9.17, 15) is 8.42 Å². The predicted octanol–water partition coefficient (Wildman–Crippen LogP) is 0.570. The molecule has 3 rings (SSSR count). The average Bonchev–Trinajstić information content (AvgIpc) is 3.29. The van der Waals surface area contributed by atoms with E-state index < -0.39 is 10.0 Å². The smallest absolute Gasteiger partial charge is 0.211 e. The molecule has 0 aromatic rings. The number of nitrogens with zero attached hydrogens (tertiary/aromatic N) is 4. The molecule has 3 heterocycles. The van der Waals surface area contributed by atoms with Gasteiger partial charge in [-0.2, -0.15) is 0 Å².